The highest BCUT2D eigenvalue weighted by molar-refractivity contribution is 7.91. The first kappa shape index (κ1) is 26.9. The third-order valence-electron chi connectivity index (χ3n) is 6.52. The zero-order chi connectivity index (χ0) is 27.3. The van der Waals surface area contributed by atoms with Crippen LogP contribution in [0.5, 0.6) is 5.75 Å². The Morgan fingerprint density at radius 3 is 2.54 bits per heavy atom. The lowest BCUT2D eigenvalue weighted by Crippen LogP contribution is -2.34. The van der Waals surface area contributed by atoms with Gasteiger partial charge in [-0.1, -0.05) is 13.0 Å². The van der Waals surface area contributed by atoms with Crippen LogP contribution in [0, 0.1) is 5.41 Å². The van der Waals surface area contributed by atoms with Crippen molar-refractivity contribution in [2.45, 2.75) is 58.9 Å². The van der Waals surface area contributed by atoms with Crippen molar-refractivity contribution in [3.8, 4) is 11.4 Å². The van der Waals surface area contributed by atoms with E-state index in [0.717, 1.165) is 0 Å². The van der Waals surface area contributed by atoms with Gasteiger partial charge in [0.2, 0.25) is 6.17 Å². The van der Waals surface area contributed by atoms with Crippen LogP contribution in [0.25, 0.3) is 16.9 Å². The molecule has 1 fully saturated rings. The topological polar surface area (TPSA) is 100 Å². The average Bonchev–Trinajstić information content (AvgIpc) is 3.23. The summed E-state index contributed by atoms with van der Waals surface area (Å²) < 4.78 is 71.9. The number of carbonyl (C=O) groups is 1. The molecule has 3 heterocycles. The first-order chi connectivity index (χ1) is 17.1. The second kappa shape index (κ2) is 9.30. The minimum Gasteiger partial charge on any atom is -0.430 e. The van der Waals surface area contributed by atoms with Crippen molar-refractivity contribution in [3.05, 3.63) is 52.6 Å². The molecule has 3 aromatic rings. The Kier molecular flexibility index (Phi) is 6.76. The number of hydrogen-bond acceptors (Lipinski definition) is 6. The Bertz CT molecular complexity index is 1530. The van der Waals surface area contributed by atoms with Crippen molar-refractivity contribution in [2.75, 3.05) is 11.5 Å². The summed E-state index contributed by atoms with van der Waals surface area (Å²) in [5.74, 6) is -0.644. The summed E-state index contributed by atoms with van der Waals surface area (Å²) in [5.41, 5.74) is -0.244. The smallest absolute Gasteiger partial charge is 0.429 e. The van der Waals surface area contributed by atoms with E-state index in [1.165, 1.54) is 45.7 Å². The van der Waals surface area contributed by atoms with Gasteiger partial charge >= 0.3 is 11.8 Å². The summed E-state index contributed by atoms with van der Waals surface area (Å²) in [6, 6.07) is 6.50. The third kappa shape index (κ3) is 5.29. The summed E-state index contributed by atoms with van der Waals surface area (Å²) in [7, 11) is -3.18. The van der Waals surface area contributed by atoms with E-state index in [-0.39, 0.29) is 52.4 Å². The molecule has 1 aliphatic heterocycles. The van der Waals surface area contributed by atoms with Gasteiger partial charge in [-0.05, 0) is 50.8 Å². The minimum absolute atomic E-state index is 0.0205. The number of nitrogens with zero attached hydrogens (tertiary/aromatic N) is 3. The van der Waals surface area contributed by atoms with Gasteiger partial charge in [-0.2, -0.15) is 8.78 Å². The molecule has 0 radical (unpaired) electrons. The Morgan fingerprint density at radius 2 is 1.95 bits per heavy atom. The molecular weight excluding hydrogens is 511 g/mol. The zero-order valence-corrected chi connectivity index (χ0v) is 21.7. The van der Waals surface area contributed by atoms with Gasteiger partial charge in [0.25, 0.3) is 0 Å². The molecule has 1 unspecified atom stereocenters. The predicted octanol–water partition coefficient (Wildman–Crippen LogP) is 4.50. The molecule has 37 heavy (non-hydrogen) atoms. The second-order valence-corrected chi connectivity index (χ2v) is 12.4. The van der Waals surface area contributed by atoms with E-state index in [9.17, 15) is 31.2 Å². The highest BCUT2D eigenvalue weighted by atomic mass is 32.2. The standard InChI is InChI=1S/C25H28F3N3O5S/c1-15(2)30-20-10-17(21(32)12-24(4)8-9-37(34,35)14-24)13-29-22(20)31(23(30)33)18-6-5-7-19(11-18)36-25(27,28)16(3)26/h5-7,10-11,13,15-16H,8-9,12,14H2,1-4H3/t16?,24-/m1/s1. The molecule has 1 aliphatic rings. The number of rotatable bonds is 8. The van der Waals surface area contributed by atoms with Crippen molar-refractivity contribution in [1.29, 1.82) is 0 Å². The van der Waals surface area contributed by atoms with Gasteiger partial charge in [0, 0.05) is 30.3 Å². The molecule has 8 nitrogen and oxygen atoms in total. The molecule has 0 N–H and O–H groups in total. The SMILES string of the molecule is CC(C)n1c(=O)n(-c2cccc(OC(F)(F)C(C)F)c2)c2ncc(C(=O)C[C@@]3(C)CCS(=O)(=O)C3)cc21. The van der Waals surface area contributed by atoms with Crippen molar-refractivity contribution < 1.29 is 31.1 Å². The molecule has 0 aliphatic carbocycles. The summed E-state index contributed by atoms with van der Waals surface area (Å²) in [5, 5.41) is 0. The van der Waals surface area contributed by atoms with Crippen LogP contribution in [-0.4, -0.2) is 52.1 Å². The maximum Gasteiger partial charge on any atom is 0.429 e. The number of imidazole rings is 1. The number of ketones is 1. The van der Waals surface area contributed by atoms with Crippen LogP contribution in [0.1, 0.15) is 56.9 Å². The summed E-state index contributed by atoms with van der Waals surface area (Å²) >= 11 is 0. The molecule has 4 rings (SSSR count). The maximum atomic E-state index is 13.8. The fraction of sp³-hybridized carbons (Fsp3) is 0.480. The van der Waals surface area contributed by atoms with Crippen LogP contribution < -0.4 is 10.4 Å². The molecule has 2 aromatic heterocycles. The molecule has 0 saturated carbocycles. The number of benzene rings is 1. The van der Waals surface area contributed by atoms with Gasteiger partial charge < -0.3 is 4.74 Å². The molecule has 1 aromatic carbocycles. The van der Waals surface area contributed by atoms with Crippen LogP contribution in [-0.2, 0) is 9.84 Å². The number of Topliss-reactive ketones (excluding diaryl/α,β-unsaturated/α-hetero) is 1. The van der Waals surface area contributed by atoms with Gasteiger partial charge in [-0.3, -0.25) is 9.36 Å². The number of alkyl halides is 3. The fourth-order valence-electron chi connectivity index (χ4n) is 4.61. The lowest BCUT2D eigenvalue weighted by Gasteiger charge is -2.20. The molecule has 0 amide bonds. The monoisotopic (exact) mass is 539 g/mol. The first-order valence-electron chi connectivity index (χ1n) is 11.8. The van der Waals surface area contributed by atoms with E-state index in [2.05, 4.69) is 9.72 Å². The van der Waals surface area contributed by atoms with Crippen molar-refractivity contribution in [1.82, 2.24) is 14.1 Å². The molecule has 0 spiro atoms. The van der Waals surface area contributed by atoms with Gasteiger partial charge in [0.05, 0.1) is 22.7 Å². The maximum absolute atomic E-state index is 13.8. The highest BCUT2D eigenvalue weighted by Crippen LogP contribution is 2.36. The van der Waals surface area contributed by atoms with Crippen LogP contribution in [0.4, 0.5) is 13.2 Å². The van der Waals surface area contributed by atoms with Crippen LogP contribution >= 0.6 is 0 Å². The third-order valence-corrected chi connectivity index (χ3v) is 8.48. The Balaban J connectivity index is 1.76. The molecular formula is C25H28F3N3O5S. The number of halogens is 3. The Labute approximate surface area is 212 Å². The minimum atomic E-state index is -4.06. The summed E-state index contributed by atoms with van der Waals surface area (Å²) in [4.78, 5) is 30.8. The number of pyridine rings is 1. The van der Waals surface area contributed by atoms with Crippen molar-refractivity contribution in [3.63, 3.8) is 0 Å². The zero-order valence-electron chi connectivity index (χ0n) is 20.9. The number of sulfone groups is 1. The lowest BCUT2D eigenvalue weighted by molar-refractivity contribution is -0.215. The summed E-state index contributed by atoms with van der Waals surface area (Å²) in [6.45, 7) is 5.99. The normalized spacial score (nSPS) is 20.4. The van der Waals surface area contributed by atoms with E-state index in [0.29, 0.717) is 18.9 Å². The number of fused-ring (bicyclic) bond motifs is 1. The lowest BCUT2D eigenvalue weighted by atomic mass is 9.83. The molecule has 200 valence electrons. The van der Waals surface area contributed by atoms with Gasteiger partial charge in [-0.15, -0.1) is 0 Å². The van der Waals surface area contributed by atoms with Crippen molar-refractivity contribution in [2.24, 2.45) is 5.41 Å². The predicted molar refractivity (Wildman–Crippen MR) is 132 cm³/mol. The van der Waals surface area contributed by atoms with E-state index >= 15 is 0 Å². The highest BCUT2D eigenvalue weighted by Gasteiger charge is 2.41. The number of aromatic nitrogens is 3. The van der Waals surface area contributed by atoms with Gasteiger partial charge in [0.1, 0.15) is 5.75 Å². The van der Waals surface area contributed by atoms with Crippen molar-refractivity contribution >= 4 is 26.8 Å². The van der Waals surface area contributed by atoms with E-state index in [1.807, 2.05) is 0 Å². The molecule has 2 atom stereocenters. The Morgan fingerprint density at radius 1 is 1.24 bits per heavy atom. The van der Waals surface area contributed by atoms with Crippen LogP contribution in [0.2, 0.25) is 0 Å². The average molecular weight is 540 g/mol. The second-order valence-electron chi connectivity index (χ2n) is 10.2. The molecule has 0 bridgehead atoms. The summed E-state index contributed by atoms with van der Waals surface area (Å²) in [6.07, 6.45) is -4.88. The molecule has 1 saturated heterocycles. The van der Waals surface area contributed by atoms with Crippen LogP contribution in [0.15, 0.2) is 41.3 Å². The van der Waals surface area contributed by atoms with Gasteiger partial charge in [-0.25, -0.2) is 27.2 Å². The first-order valence-corrected chi connectivity index (χ1v) is 13.6. The molecule has 12 heteroatoms. The Hall–Kier alpha value is -3.15. The van der Waals surface area contributed by atoms with E-state index in [1.54, 1.807) is 20.8 Å². The number of hydrogen-bond donors (Lipinski definition) is 0. The van der Waals surface area contributed by atoms with Crippen LogP contribution in [0.3, 0.4) is 0 Å². The quantitative estimate of drug-likeness (QED) is 0.391. The van der Waals surface area contributed by atoms with Gasteiger partial charge in [0.15, 0.2) is 21.3 Å². The fourth-order valence-corrected chi connectivity index (χ4v) is 6.87. The van der Waals surface area contributed by atoms with E-state index < -0.39 is 33.2 Å². The number of carbonyl (C=O) groups excluding carboxylic acids is 1. The number of ether oxygens (including phenoxy) is 1. The largest absolute Gasteiger partial charge is 0.430 e. The van der Waals surface area contributed by atoms with E-state index in [4.69, 9.17) is 0 Å².